The lowest BCUT2D eigenvalue weighted by atomic mass is 10.1. The molecule has 0 saturated heterocycles. The van der Waals surface area contributed by atoms with E-state index in [0.29, 0.717) is 24.0 Å². The molecule has 0 spiro atoms. The van der Waals surface area contributed by atoms with Crippen LogP contribution in [-0.4, -0.2) is 29.1 Å². The van der Waals surface area contributed by atoms with Crippen LogP contribution in [0.2, 0.25) is 0 Å². The summed E-state index contributed by atoms with van der Waals surface area (Å²) in [6, 6.07) is 12.8. The lowest BCUT2D eigenvalue weighted by Crippen LogP contribution is -2.34. The average molecular weight is 378 g/mol. The minimum Gasteiger partial charge on any atom is -0.286 e. The van der Waals surface area contributed by atoms with Crippen LogP contribution in [0.4, 0.5) is 13.2 Å². The first-order valence-electron chi connectivity index (χ1n) is 8.07. The summed E-state index contributed by atoms with van der Waals surface area (Å²) in [5.41, 5.74) is 0.946. The van der Waals surface area contributed by atoms with Gasteiger partial charge >= 0.3 is 6.18 Å². The normalized spacial score (nSPS) is 14.5. The number of nitrogens with zero attached hydrogens (tertiary/aromatic N) is 2. The molecule has 0 aliphatic carbocycles. The van der Waals surface area contributed by atoms with Crippen molar-refractivity contribution < 1.29 is 18.0 Å². The number of thioether (sulfide) groups is 1. The molecule has 0 N–H and O–H groups in total. The molecule has 7 heteroatoms. The zero-order chi connectivity index (χ0) is 18.7. The van der Waals surface area contributed by atoms with Gasteiger partial charge in [-0.05, 0) is 24.6 Å². The van der Waals surface area contributed by atoms with Crippen LogP contribution in [0.5, 0.6) is 0 Å². The Morgan fingerprint density at radius 2 is 1.96 bits per heavy atom. The fraction of sp³-hybridized carbons (Fsp3) is 0.263. The highest BCUT2D eigenvalue weighted by molar-refractivity contribution is 8.13. The largest absolute Gasteiger partial charge is 0.417 e. The molecule has 1 aliphatic heterocycles. The van der Waals surface area contributed by atoms with Gasteiger partial charge in [-0.3, -0.25) is 14.7 Å². The zero-order valence-corrected chi connectivity index (χ0v) is 14.9. The molecule has 136 valence electrons. The van der Waals surface area contributed by atoms with Gasteiger partial charge in [0.25, 0.3) is 5.91 Å². The number of alkyl halides is 3. The first kappa shape index (κ1) is 18.5. The molecule has 1 aliphatic rings. The fourth-order valence-corrected chi connectivity index (χ4v) is 3.74. The monoisotopic (exact) mass is 378 g/mol. The Bertz CT molecular complexity index is 849. The van der Waals surface area contributed by atoms with Gasteiger partial charge in [0.15, 0.2) is 5.17 Å². The molecule has 3 rings (SSSR count). The maximum Gasteiger partial charge on any atom is 0.417 e. The number of halogens is 3. The van der Waals surface area contributed by atoms with E-state index < -0.39 is 17.6 Å². The molecule has 0 radical (unpaired) electrons. The van der Waals surface area contributed by atoms with Gasteiger partial charge in [-0.1, -0.05) is 53.7 Å². The zero-order valence-electron chi connectivity index (χ0n) is 14.1. The summed E-state index contributed by atoms with van der Waals surface area (Å²) in [6.45, 7) is 2.68. The lowest BCUT2D eigenvalue weighted by molar-refractivity contribution is -0.138. The summed E-state index contributed by atoms with van der Waals surface area (Å²) < 4.78 is 39.6. The first-order chi connectivity index (χ1) is 12.4. The molecule has 1 heterocycles. The smallest absolute Gasteiger partial charge is 0.286 e. The number of benzene rings is 2. The van der Waals surface area contributed by atoms with Gasteiger partial charge in [-0.25, -0.2) is 0 Å². The van der Waals surface area contributed by atoms with E-state index >= 15 is 0 Å². The highest BCUT2D eigenvalue weighted by Gasteiger charge is 2.37. The molecule has 1 amide bonds. The van der Waals surface area contributed by atoms with Crippen LogP contribution in [0.3, 0.4) is 0 Å². The predicted octanol–water partition coefficient (Wildman–Crippen LogP) is 4.76. The summed E-state index contributed by atoms with van der Waals surface area (Å²) in [6.07, 6.45) is -4.57. The molecule has 26 heavy (non-hydrogen) atoms. The average Bonchev–Trinajstić information content (AvgIpc) is 3.07. The highest BCUT2D eigenvalue weighted by atomic mass is 32.2. The number of hydrogen-bond acceptors (Lipinski definition) is 3. The number of aliphatic imine (C=N–C) groups is 1. The van der Waals surface area contributed by atoms with Crippen LogP contribution >= 0.6 is 11.8 Å². The Balaban J connectivity index is 1.77. The van der Waals surface area contributed by atoms with E-state index in [-0.39, 0.29) is 5.56 Å². The second-order valence-electron chi connectivity index (χ2n) is 5.94. The van der Waals surface area contributed by atoms with Crippen LogP contribution in [0.15, 0.2) is 53.5 Å². The third-order valence-electron chi connectivity index (χ3n) is 3.96. The van der Waals surface area contributed by atoms with E-state index in [1.54, 1.807) is 0 Å². The second kappa shape index (κ2) is 7.53. The Kier molecular flexibility index (Phi) is 5.36. The maximum absolute atomic E-state index is 13.2. The Hall–Kier alpha value is -2.28. The topological polar surface area (TPSA) is 32.7 Å². The quantitative estimate of drug-likeness (QED) is 0.772. The predicted molar refractivity (Wildman–Crippen MR) is 97.3 cm³/mol. The summed E-state index contributed by atoms with van der Waals surface area (Å²) in [5.74, 6) is -0.0588. The van der Waals surface area contributed by atoms with Crippen molar-refractivity contribution in [1.29, 1.82) is 0 Å². The van der Waals surface area contributed by atoms with Crippen molar-refractivity contribution in [2.45, 2.75) is 18.9 Å². The second-order valence-corrected chi connectivity index (χ2v) is 6.88. The molecule has 0 atom stereocenters. The molecule has 3 nitrogen and oxygen atoms in total. The van der Waals surface area contributed by atoms with Gasteiger partial charge in [-0.15, -0.1) is 0 Å². The number of carbonyl (C=O) groups is 1. The van der Waals surface area contributed by atoms with Crippen molar-refractivity contribution in [2.75, 3.05) is 13.1 Å². The minimum absolute atomic E-state index is 0.293. The summed E-state index contributed by atoms with van der Waals surface area (Å²) in [4.78, 5) is 18.4. The highest BCUT2D eigenvalue weighted by Crippen LogP contribution is 2.33. The number of aryl methyl sites for hydroxylation is 1. The molecule has 0 saturated carbocycles. The van der Waals surface area contributed by atoms with E-state index in [9.17, 15) is 18.0 Å². The molecule has 0 unspecified atom stereocenters. The van der Waals surface area contributed by atoms with Gasteiger partial charge in [0.05, 0.1) is 17.7 Å². The van der Waals surface area contributed by atoms with Crippen molar-refractivity contribution >= 4 is 22.8 Å². The van der Waals surface area contributed by atoms with Gasteiger partial charge < -0.3 is 0 Å². The summed E-state index contributed by atoms with van der Waals surface area (Å²) >= 11 is 1.36. The SMILES string of the molecule is Cc1cccc(CSC2=NCCN2C(=O)c2ccccc2C(F)(F)F)c1. The Morgan fingerprint density at radius 1 is 1.19 bits per heavy atom. The summed E-state index contributed by atoms with van der Waals surface area (Å²) in [7, 11) is 0. The minimum atomic E-state index is -4.57. The van der Waals surface area contributed by atoms with Gasteiger partial charge in [0.1, 0.15) is 0 Å². The molecule has 0 bridgehead atoms. The van der Waals surface area contributed by atoms with Crippen molar-refractivity contribution in [1.82, 2.24) is 4.90 Å². The lowest BCUT2D eigenvalue weighted by Gasteiger charge is -2.20. The fourth-order valence-electron chi connectivity index (χ4n) is 2.75. The van der Waals surface area contributed by atoms with E-state index in [1.807, 2.05) is 31.2 Å². The third kappa shape index (κ3) is 4.09. The van der Waals surface area contributed by atoms with E-state index in [4.69, 9.17) is 0 Å². The van der Waals surface area contributed by atoms with Crippen LogP contribution in [0.25, 0.3) is 0 Å². The van der Waals surface area contributed by atoms with Crippen molar-refractivity contribution in [2.24, 2.45) is 4.99 Å². The number of hydrogen-bond donors (Lipinski definition) is 0. The molecular weight excluding hydrogens is 361 g/mol. The van der Waals surface area contributed by atoms with Crippen LogP contribution in [0, 0.1) is 6.92 Å². The standard InChI is InChI=1S/C19H17F3N2OS/c1-13-5-4-6-14(11-13)12-26-18-23-9-10-24(18)17(25)15-7-2-3-8-16(15)19(20,21)22/h2-8,11H,9-10,12H2,1H3. The van der Waals surface area contributed by atoms with E-state index in [2.05, 4.69) is 4.99 Å². The molecular formula is C19H17F3N2OS. The number of rotatable bonds is 3. The first-order valence-corrected chi connectivity index (χ1v) is 9.06. The van der Waals surface area contributed by atoms with Gasteiger partial charge in [-0.2, -0.15) is 13.2 Å². The van der Waals surface area contributed by atoms with Crippen molar-refractivity contribution in [3.63, 3.8) is 0 Å². The Labute approximate surface area is 153 Å². The molecule has 2 aromatic carbocycles. The van der Waals surface area contributed by atoms with E-state index in [0.717, 1.165) is 17.2 Å². The van der Waals surface area contributed by atoms with Gasteiger partial charge in [0.2, 0.25) is 0 Å². The van der Waals surface area contributed by atoms with Crippen LogP contribution < -0.4 is 0 Å². The summed E-state index contributed by atoms with van der Waals surface area (Å²) in [5, 5.41) is 0.466. The number of carbonyl (C=O) groups excluding carboxylic acids is 1. The number of amides is 1. The van der Waals surface area contributed by atoms with Gasteiger partial charge in [0, 0.05) is 12.3 Å². The molecule has 0 aromatic heterocycles. The maximum atomic E-state index is 13.2. The molecule has 0 fully saturated rings. The molecule has 2 aromatic rings. The van der Waals surface area contributed by atoms with Crippen LogP contribution in [-0.2, 0) is 11.9 Å². The number of amidine groups is 1. The van der Waals surface area contributed by atoms with E-state index in [1.165, 1.54) is 34.9 Å². The van der Waals surface area contributed by atoms with Crippen LogP contribution in [0.1, 0.15) is 27.0 Å². The third-order valence-corrected chi connectivity index (χ3v) is 5.05. The van der Waals surface area contributed by atoms with Crippen molar-refractivity contribution in [3.8, 4) is 0 Å². The van der Waals surface area contributed by atoms with Crippen molar-refractivity contribution in [3.05, 3.63) is 70.8 Å². The Morgan fingerprint density at radius 3 is 2.69 bits per heavy atom.